The molecule has 0 saturated carbocycles. The number of carbonyl (C=O) groups is 1. The number of nitrogens with zero attached hydrogens (tertiary/aromatic N) is 3. The second kappa shape index (κ2) is 10.1. The molecule has 0 radical (unpaired) electrons. The lowest BCUT2D eigenvalue weighted by atomic mass is 9.67. The number of para-hydroxylation sites is 1. The summed E-state index contributed by atoms with van der Waals surface area (Å²) in [5.41, 5.74) is 4.37. The number of rotatable bonds is 5. The number of ether oxygens (including phenoxy) is 2. The highest BCUT2D eigenvalue weighted by molar-refractivity contribution is 6.01. The normalized spacial score (nSPS) is 27.9. The number of methoxy groups -OCH3 is 2. The van der Waals surface area contributed by atoms with Crippen molar-refractivity contribution in [3.05, 3.63) is 65.4 Å². The van der Waals surface area contributed by atoms with Crippen molar-refractivity contribution in [3.8, 4) is 11.5 Å². The van der Waals surface area contributed by atoms with Crippen LogP contribution in [-0.4, -0.2) is 66.2 Å². The Balaban J connectivity index is 1.19. The zero-order valence-corrected chi connectivity index (χ0v) is 23.1. The lowest BCUT2D eigenvalue weighted by Gasteiger charge is -2.58. The van der Waals surface area contributed by atoms with Crippen molar-refractivity contribution in [2.45, 2.75) is 57.2 Å². The summed E-state index contributed by atoms with van der Waals surface area (Å²) in [5.74, 6) is 3.15. The summed E-state index contributed by atoms with van der Waals surface area (Å²) in [7, 11) is 3.36. The van der Waals surface area contributed by atoms with Crippen LogP contribution in [0.4, 0.5) is 0 Å². The predicted octanol–water partition coefficient (Wildman–Crippen LogP) is 5.59. The maximum Gasteiger partial charge on any atom is 0.250 e. The highest BCUT2D eigenvalue weighted by Gasteiger charge is 2.51. The van der Waals surface area contributed by atoms with Crippen molar-refractivity contribution in [1.82, 2.24) is 14.4 Å². The molecule has 0 spiro atoms. The monoisotopic (exact) mass is 525 g/mol. The minimum Gasteiger partial charge on any atom is -0.497 e. The molecule has 6 nitrogen and oxygen atoms in total. The molecule has 4 saturated heterocycles. The van der Waals surface area contributed by atoms with Gasteiger partial charge in [-0.1, -0.05) is 18.2 Å². The lowest BCUT2D eigenvalue weighted by Crippen LogP contribution is -2.66. The number of hydrogen-bond acceptors (Lipinski definition) is 4. The SMILES string of the molecule is COc1cc(Cn2cc(/C=C3\CC[C@@H]4[C@H]5CCCN6CCC[C@H](CN4C3=O)[C@@H]56)c3ccccc32)cc(OC)c1. The minimum absolute atomic E-state index is 0.279. The zero-order valence-electron chi connectivity index (χ0n) is 23.1. The molecule has 5 heterocycles. The molecule has 4 aliphatic heterocycles. The number of fused-ring (bicyclic) bond motifs is 3. The van der Waals surface area contributed by atoms with Gasteiger partial charge in [0.15, 0.2) is 0 Å². The summed E-state index contributed by atoms with van der Waals surface area (Å²) in [6.45, 7) is 4.16. The van der Waals surface area contributed by atoms with Crippen molar-refractivity contribution >= 4 is 22.9 Å². The zero-order chi connectivity index (χ0) is 26.5. The Hall–Kier alpha value is -3.25. The first kappa shape index (κ1) is 24.8. The first-order valence-electron chi connectivity index (χ1n) is 14.7. The van der Waals surface area contributed by atoms with Crippen LogP contribution in [0.5, 0.6) is 11.5 Å². The van der Waals surface area contributed by atoms with E-state index >= 15 is 0 Å². The van der Waals surface area contributed by atoms with Crippen LogP contribution in [0, 0.1) is 11.8 Å². The molecule has 4 fully saturated rings. The molecule has 3 aromatic rings. The quantitative estimate of drug-likeness (QED) is 0.408. The van der Waals surface area contributed by atoms with Crippen LogP contribution in [0.15, 0.2) is 54.2 Å². The van der Waals surface area contributed by atoms with Crippen molar-refractivity contribution in [2.24, 2.45) is 11.8 Å². The molecule has 4 atom stereocenters. The molecule has 1 aromatic heterocycles. The topological polar surface area (TPSA) is 46.9 Å². The van der Waals surface area contributed by atoms with Crippen molar-refractivity contribution in [1.29, 1.82) is 0 Å². The highest BCUT2D eigenvalue weighted by atomic mass is 16.5. The van der Waals surface area contributed by atoms with Gasteiger partial charge in [-0.3, -0.25) is 9.69 Å². The second-order valence-electron chi connectivity index (χ2n) is 11.9. The van der Waals surface area contributed by atoms with Crippen LogP contribution in [0.25, 0.3) is 17.0 Å². The van der Waals surface area contributed by atoms with E-state index in [-0.39, 0.29) is 5.91 Å². The first-order valence-corrected chi connectivity index (χ1v) is 14.7. The summed E-state index contributed by atoms with van der Waals surface area (Å²) in [6.07, 6.45) is 11.5. The van der Waals surface area contributed by atoms with Gasteiger partial charge in [0.25, 0.3) is 0 Å². The Kier molecular flexibility index (Phi) is 6.38. The Bertz CT molecular complexity index is 1400. The second-order valence-corrected chi connectivity index (χ2v) is 11.9. The summed E-state index contributed by atoms with van der Waals surface area (Å²) >= 11 is 0. The van der Waals surface area contributed by atoms with E-state index in [1.54, 1.807) is 14.2 Å². The number of aromatic nitrogens is 1. The van der Waals surface area contributed by atoms with Gasteiger partial charge in [-0.25, -0.2) is 0 Å². The highest BCUT2D eigenvalue weighted by Crippen LogP contribution is 2.45. The van der Waals surface area contributed by atoms with E-state index in [1.807, 2.05) is 6.07 Å². The predicted molar refractivity (Wildman–Crippen MR) is 154 cm³/mol. The van der Waals surface area contributed by atoms with Crippen LogP contribution in [0.2, 0.25) is 0 Å². The van der Waals surface area contributed by atoms with Gasteiger partial charge in [0.2, 0.25) is 5.91 Å². The molecular weight excluding hydrogens is 486 g/mol. The van der Waals surface area contributed by atoms with Gasteiger partial charge in [-0.15, -0.1) is 0 Å². The average molecular weight is 526 g/mol. The van der Waals surface area contributed by atoms with Crippen molar-refractivity contribution < 1.29 is 14.3 Å². The largest absolute Gasteiger partial charge is 0.497 e. The van der Waals surface area contributed by atoms with Crippen LogP contribution >= 0.6 is 0 Å². The molecule has 204 valence electrons. The molecule has 7 rings (SSSR count). The van der Waals surface area contributed by atoms with Crippen LogP contribution in [0.3, 0.4) is 0 Å². The van der Waals surface area contributed by atoms with Crippen molar-refractivity contribution in [2.75, 3.05) is 33.9 Å². The Morgan fingerprint density at radius 3 is 2.54 bits per heavy atom. The molecule has 0 N–H and O–H groups in total. The third-order valence-corrected chi connectivity index (χ3v) is 9.83. The van der Waals surface area contributed by atoms with E-state index in [9.17, 15) is 4.79 Å². The average Bonchev–Trinajstić information content (AvgIpc) is 3.31. The molecule has 6 heteroatoms. The standard InChI is InChI=1S/C33H39N3O3/c1-38-26-15-22(16-27(18-26)39-2)19-35-20-25(28-8-3-4-10-30(28)35)17-23-11-12-31-29-9-6-14-34-13-5-7-24(32(29)34)21-36(31)33(23)37/h3-4,8,10,15-18,20,24,29,31-32H,5-7,9,11-14,19,21H2,1-2H3/b23-17+/t24-,29-,31-,32+/m1/s1. The fourth-order valence-electron chi connectivity index (χ4n) is 8.19. The first-order chi connectivity index (χ1) is 19.1. The van der Waals surface area contributed by atoms with Gasteiger partial charge < -0.3 is 18.9 Å². The van der Waals surface area contributed by atoms with Crippen LogP contribution in [0.1, 0.15) is 49.7 Å². The third-order valence-electron chi connectivity index (χ3n) is 9.83. The molecular formula is C33H39N3O3. The number of hydrogen-bond donors (Lipinski definition) is 0. The summed E-state index contributed by atoms with van der Waals surface area (Å²) in [6, 6.07) is 15.6. The number of carbonyl (C=O) groups excluding carboxylic acids is 1. The molecule has 2 aromatic carbocycles. The van der Waals surface area contributed by atoms with E-state index in [2.05, 4.69) is 63.0 Å². The molecule has 4 aliphatic rings. The Morgan fingerprint density at radius 1 is 0.974 bits per heavy atom. The summed E-state index contributed by atoms with van der Waals surface area (Å²) in [5, 5.41) is 1.18. The third kappa shape index (κ3) is 4.33. The van der Waals surface area contributed by atoms with E-state index in [1.165, 1.54) is 44.2 Å². The van der Waals surface area contributed by atoms with Gasteiger partial charge >= 0.3 is 0 Å². The minimum atomic E-state index is 0.279. The molecule has 0 unspecified atom stereocenters. The van der Waals surface area contributed by atoms with Gasteiger partial charge in [-0.2, -0.15) is 0 Å². The molecule has 39 heavy (non-hydrogen) atoms. The maximum atomic E-state index is 14.0. The molecule has 1 amide bonds. The van der Waals surface area contributed by atoms with Crippen LogP contribution in [-0.2, 0) is 11.3 Å². The van der Waals surface area contributed by atoms with Crippen molar-refractivity contribution in [3.63, 3.8) is 0 Å². The Morgan fingerprint density at radius 2 is 1.74 bits per heavy atom. The van der Waals surface area contributed by atoms with E-state index in [0.717, 1.165) is 53.1 Å². The fourth-order valence-corrected chi connectivity index (χ4v) is 8.19. The molecule has 0 aliphatic carbocycles. The van der Waals surface area contributed by atoms with E-state index in [4.69, 9.17) is 9.47 Å². The maximum absolute atomic E-state index is 14.0. The van der Waals surface area contributed by atoms with Gasteiger partial charge in [-0.05, 0) is 93.3 Å². The summed E-state index contributed by atoms with van der Waals surface area (Å²) < 4.78 is 13.3. The van der Waals surface area contributed by atoms with Crippen LogP contribution < -0.4 is 9.47 Å². The number of piperidine rings is 4. The number of benzene rings is 2. The van der Waals surface area contributed by atoms with Gasteiger partial charge in [0, 0.05) is 59.5 Å². The van der Waals surface area contributed by atoms with Gasteiger partial charge in [0.05, 0.1) is 14.2 Å². The number of amides is 1. The van der Waals surface area contributed by atoms with E-state index in [0.29, 0.717) is 30.5 Å². The summed E-state index contributed by atoms with van der Waals surface area (Å²) in [4.78, 5) is 19.0. The fraction of sp³-hybridized carbons (Fsp3) is 0.485. The van der Waals surface area contributed by atoms with Gasteiger partial charge in [0.1, 0.15) is 11.5 Å². The molecule has 0 bridgehead atoms. The smallest absolute Gasteiger partial charge is 0.250 e. The van der Waals surface area contributed by atoms with E-state index < -0.39 is 0 Å². The Labute approximate surface area is 231 Å². The lowest BCUT2D eigenvalue weighted by molar-refractivity contribution is -0.145.